The van der Waals surface area contributed by atoms with Crippen molar-refractivity contribution in [2.24, 2.45) is 0 Å². The minimum Gasteiger partial charge on any atom is -0.352 e. The second-order valence-electron chi connectivity index (χ2n) is 4.38. The summed E-state index contributed by atoms with van der Waals surface area (Å²) in [5.41, 5.74) is 1.23. The summed E-state index contributed by atoms with van der Waals surface area (Å²) in [4.78, 5) is 11.8. The average Bonchev–Trinajstić information content (AvgIpc) is 2.33. The Labute approximate surface area is 114 Å². The third-order valence-corrected chi connectivity index (χ3v) is 3.33. The van der Waals surface area contributed by atoms with Gasteiger partial charge in [0.25, 0.3) is 5.91 Å². The minimum absolute atomic E-state index is 0.00378. The van der Waals surface area contributed by atoms with Gasteiger partial charge in [-0.25, -0.2) is 8.42 Å². The fourth-order valence-corrected chi connectivity index (χ4v) is 2.39. The number of rotatable bonds is 6. The van der Waals surface area contributed by atoms with Crippen LogP contribution in [0, 0.1) is 0 Å². The lowest BCUT2D eigenvalue weighted by atomic mass is 10.1. The molecule has 0 unspecified atom stereocenters. The molecule has 0 heterocycles. The van der Waals surface area contributed by atoms with Gasteiger partial charge in [-0.1, -0.05) is 24.3 Å². The fraction of sp³-hybridized carbons (Fsp3) is 0.357. The lowest BCUT2D eigenvalue weighted by Crippen LogP contribution is -2.24. The van der Waals surface area contributed by atoms with E-state index in [0.717, 1.165) is 6.42 Å². The van der Waals surface area contributed by atoms with Gasteiger partial charge in [0, 0.05) is 18.4 Å². The van der Waals surface area contributed by atoms with E-state index in [-0.39, 0.29) is 11.7 Å². The third kappa shape index (κ3) is 6.20. The summed E-state index contributed by atoms with van der Waals surface area (Å²) >= 11 is 0. The van der Waals surface area contributed by atoms with Crippen LogP contribution < -0.4 is 5.32 Å². The van der Waals surface area contributed by atoms with Crippen LogP contribution in [0.5, 0.6) is 0 Å². The van der Waals surface area contributed by atoms with Crippen LogP contribution in [0.2, 0.25) is 0 Å². The van der Waals surface area contributed by atoms with Gasteiger partial charge in [0.15, 0.2) is 9.84 Å². The molecule has 0 saturated carbocycles. The Morgan fingerprint density at radius 2 is 1.89 bits per heavy atom. The van der Waals surface area contributed by atoms with E-state index in [2.05, 4.69) is 5.32 Å². The van der Waals surface area contributed by atoms with Crippen molar-refractivity contribution in [3.63, 3.8) is 0 Å². The highest BCUT2D eigenvalue weighted by atomic mass is 32.2. The van der Waals surface area contributed by atoms with Crippen molar-refractivity contribution in [1.82, 2.24) is 5.32 Å². The molecular formula is C14H19NO3S. The highest BCUT2D eigenvalue weighted by Crippen LogP contribution is 2.07. The molecule has 1 aromatic rings. The quantitative estimate of drug-likeness (QED) is 0.640. The predicted molar refractivity (Wildman–Crippen MR) is 76.8 cm³/mol. The summed E-state index contributed by atoms with van der Waals surface area (Å²) in [6, 6.07) is 6.63. The number of hydrogen-bond acceptors (Lipinski definition) is 3. The number of allylic oxidation sites excluding steroid dienone is 1. The van der Waals surface area contributed by atoms with Crippen LogP contribution >= 0.6 is 0 Å². The van der Waals surface area contributed by atoms with Crippen molar-refractivity contribution in [3.8, 4) is 0 Å². The number of nitrogens with one attached hydrogen (secondary N) is 1. The van der Waals surface area contributed by atoms with E-state index < -0.39 is 9.84 Å². The van der Waals surface area contributed by atoms with Gasteiger partial charge in [-0.05, 0) is 31.0 Å². The second-order valence-corrected chi connectivity index (χ2v) is 6.52. The van der Waals surface area contributed by atoms with Crippen LogP contribution in [-0.4, -0.2) is 27.1 Å². The standard InChI is InChI=1S/C14H19NO3S/c1-3-4-5-10-15-14(16)13-8-6-12(7-9-13)11-19(2,17)18/h3-4,6-9H,5,10-11H2,1-2H3,(H,15,16)/b4-3+. The molecule has 104 valence electrons. The zero-order valence-electron chi connectivity index (χ0n) is 11.2. The molecule has 0 aliphatic rings. The molecule has 4 nitrogen and oxygen atoms in total. The molecular weight excluding hydrogens is 262 g/mol. The molecule has 1 N–H and O–H groups in total. The maximum atomic E-state index is 11.8. The first kappa shape index (κ1) is 15.4. The summed E-state index contributed by atoms with van der Waals surface area (Å²) in [5.74, 6) is -0.147. The summed E-state index contributed by atoms with van der Waals surface area (Å²) in [6.07, 6.45) is 5.91. The molecule has 0 aromatic heterocycles. The molecule has 0 fully saturated rings. The van der Waals surface area contributed by atoms with Gasteiger partial charge in [-0.15, -0.1) is 0 Å². The van der Waals surface area contributed by atoms with Gasteiger partial charge >= 0.3 is 0 Å². The lowest BCUT2D eigenvalue weighted by Gasteiger charge is -2.05. The molecule has 0 aliphatic carbocycles. The van der Waals surface area contributed by atoms with Crippen LogP contribution in [0.3, 0.4) is 0 Å². The predicted octanol–water partition coefficient (Wildman–Crippen LogP) is 1.93. The Bertz CT molecular complexity index is 545. The van der Waals surface area contributed by atoms with E-state index >= 15 is 0 Å². The fourth-order valence-electron chi connectivity index (χ4n) is 1.59. The molecule has 0 radical (unpaired) electrons. The van der Waals surface area contributed by atoms with E-state index in [4.69, 9.17) is 0 Å². The monoisotopic (exact) mass is 281 g/mol. The molecule has 0 saturated heterocycles. The number of amides is 1. The van der Waals surface area contributed by atoms with Gasteiger partial charge in [-0.3, -0.25) is 4.79 Å². The van der Waals surface area contributed by atoms with Crippen molar-refractivity contribution in [2.45, 2.75) is 19.1 Å². The normalized spacial score (nSPS) is 11.7. The molecule has 1 aromatic carbocycles. The first-order valence-corrected chi connectivity index (χ1v) is 8.14. The molecule has 5 heteroatoms. The number of hydrogen-bond donors (Lipinski definition) is 1. The van der Waals surface area contributed by atoms with Crippen molar-refractivity contribution in [2.75, 3.05) is 12.8 Å². The lowest BCUT2D eigenvalue weighted by molar-refractivity contribution is 0.0954. The Morgan fingerprint density at radius 1 is 1.26 bits per heavy atom. The third-order valence-electron chi connectivity index (χ3n) is 2.48. The summed E-state index contributed by atoms with van der Waals surface area (Å²) in [5, 5.41) is 2.79. The molecule has 1 amide bonds. The first-order valence-electron chi connectivity index (χ1n) is 6.08. The van der Waals surface area contributed by atoms with E-state index in [1.807, 2.05) is 19.1 Å². The van der Waals surface area contributed by atoms with Crippen molar-refractivity contribution in [3.05, 3.63) is 47.5 Å². The second kappa shape index (κ2) is 7.09. The largest absolute Gasteiger partial charge is 0.352 e. The van der Waals surface area contributed by atoms with E-state index in [1.165, 1.54) is 6.26 Å². The van der Waals surface area contributed by atoms with Gasteiger partial charge in [0.1, 0.15) is 0 Å². The van der Waals surface area contributed by atoms with Gasteiger partial charge in [-0.2, -0.15) is 0 Å². The molecule has 0 spiro atoms. The van der Waals surface area contributed by atoms with E-state index in [0.29, 0.717) is 17.7 Å². The number of carbonyl (C=O) groups is 1. The molecule has 1 rings (SSSR count). The Kier molecular flexibility index (Phi) is 5.76. The SMILES string of the molecule is C/C=C/CCNC(=O)c1ccc(CS(C)(=O)=O)cc1. The number of benzene rings is 1. The smallest absolute Gasteiger partial charge is 0.251 e. The van der Waals surface area contributed by atoms with Crippen LogP contribution in [0.4, 0.5) is 0 Å². The van der Waals surface area contributed by atoms with Crippen molar-refractivity contribution < 1.29 is 13.2 Å². The average molecular weight is 281 g/mol. The van der Waals surface area contributed by atoms with Crippen molar-refractivity contribution in [1.29, 1.82) is 0 Å². The summed E-state index contributed by atoms with van der Waals surface area (Å²) in [7, 11) is -3.04. The number of carbonyl (C=O) groups excluding carboxylic acids is 1. The zero-order valence-corrected chi connectivity index (χ0v) is 12.0. The Morgan fingerprint density at radius 3 is 2.42 bits per heavy atom. The highest BCUT2D eigenvalue weighted by molar-refractivity contribution is 7.89. The van der Waals surface area contributed by atoms with Crippen LogP contribution in [-0.2, 0) is 15.6 Å². The molecule has 0 aliphatic heterocycles. The number of sulfone groups is 1. The molecule has 0 bridgehead atoms. The van der Waals surface area contributed by atoms with Gasteiger partial charge in [0.2, 0.25) is 0 Å². The van der Waals surface area contributed by atoms with E-state index in [1.54, 1.807) is 24.3 Å². The minimum atomic E-state index is -3.04. The van der Waals surface area contributed by atoms with Gasteiger partial charge in [0.05, 0.1) is 5.75 Å². The van der Waals surface area contributed by atoms with Crippen LogP contribution in [0.25, 0.3) is 0 Å². The molecule has 0 atom stereocenters. The summed E-state index contributed by atoms with van der Waals surface area (Å²) in [6.45, 7) is 2.52. The maximum Gasteiger partial charge on any atom is 0.251 e. The van der Waals surface area contributed by atoms with Crippen LogP contribution in [0.1, 0.15) is 29.3 Å². The first-order chi connectivity index (χ1) is 8.92. The van der Waals surface area contributed by atoms with Crippen LogP contribution in [0.15, 0.2) is 36.4 Å². The summed E-state index contributed by atoms with van der Waals surface area (Å²) < 4.78 is 22.3. The molecule has 19 heavy (non-hydrogen) atoms. The Hall–Kier alpha value is -1.62. The van der Waals surface area contributed by atoms with Gasteiger partial charge < -0.3 is 5.32 Å². The van der Waals surface area contributed by atoms with E-state index in [9.17, 15) is 13.2 Å². The highest BCUT2D eigenvalue weighted by Gasteiger charge is 2.07. The zero-order chi connectivity index (χ0) is 14.3. The topological polar surface area (TPSA) is 63.2 Å². The van der Waals surface area contributed by atoms with Crippen molar-refractivity contribution >= 4 is 15.7 Å². The maximum absolute atomic E-state index is 11.8. The Balaban J connectivity index is 2.58.